The Labute approximate surface area is 178 Å². The summed E-state index contributed by atoms with van der Waals surface area (Å²) < 4.78 is 8.19. The quantitative estimate of drug-likeness (QED) is 0.355. The second-order valence-electron chi connectivity index (χ2n) is 7.16. The van der Waals surface area contributed by atoms with Gasteiger partial charge >= 0.3 is 0 Å². The molecule has 0 saturated heterocycles. The van der Waals surface area contributed by atoms with Crippen molar-refractivity contribution in [3.63, 3.8) is 0 Å². The molecule has 0 bridgehead atoms. The normalized spacial score (nSPS) is 11.1. The Morgan fingerprint density at radius 1 is 1.16 bits per heavy atom. The van der Waals surface area contributed by atoms with E-state index in [2.05, 4.69) is 10.3 Å². The summed E-state index contributed by atoms with van der Waals surface area (Å²) in [6.07, 6.45) is 2.26. The largest absolute Gasteiger partial charge is 0.385 e. The number of methoxy groups -OCH3 is 1. The fourth-order valence-electron chi connectivity index (χ4n) is 3.52. The van der Waals surface area contributed by atoms with Crippen molar-refractivity contribution >= 4 is 22.6 Å². The van der Waals surface area contributed by atoms with E-state index < -0.39 is 5.91 Å². The minimum atomic E-state index is -0.409. The van der Waals surface area contributed by atoms with Gasteiger partial charge in [-0.15, -0.1) is 0 Å². The van der Waals surface area contributed by atoms with Crippen molar-refractivity contribution in [2.45, 2.75) is 19.5 Å². The number of hydrogen-bond acceptors (Lipinski definition) is 5. The number of rotatable bonds is 7. The highest BCUT2D eigenvalue weighted by Crippen LogP contribution is 2.11. The van der Waals surface area contributed by atoms with Gasteiger partial charge < -0.3 is 14.6 Å². The molecule has 0 spiro atoms. The van der Waals surface area contributed by atoms with Crippen molar-refractivity contribution in [3.05, 3.63) is 87.8 Å². The molecule has 0 fully saturated rings. The van der Waals surface area contributed by atoms with E-state index in [1.54, 1.807) is 36.1 Å². The Balaban J connectivity index is 1.83. The van der Waals surface area contributed by atoms with Crippen LogP contribution in [0.3, 0.4) is 0 Å². The van der Waals surface area contributed by atoms with Crippen LogP contribution in [0.2, 0.25) is 0 Å². The molecule has 1 aromatic carbocycles. The number of hydrogen-bond donors (Lipinski definition) is 2. The van der Waals surface area contributed by atoms with Crippen molar-refractivity contribution in [1.82, 2.24) is 19.3 Å². The van der Waals surface area contributed by atoms with Crippen LogP contribution < -0.4 is 16.4 Å². The zero-order valence-corrected chi connectivity index (χ0v) is 17.2. The van der Waals surface area contributed by atoms with Crippen LogP contribution in [0.15, 0.2) is 65.6 Å². The van der Waals surface area contributed by atoms with Crippen molar-refractivity contribution in [1.29, 1.82) is 5.41 Å². The molecular weight excluding hydrogens is 394 g/mol. The first kappa shape index (κ1) is 20.5. The van der Waals surface area contributed by atoms with Gasteiger partial charge in [0.05, 0.1) is 10.9 Å². The van der Waals surface area contributed by atoms with Crippen LogP contribution in [0, 0.1) is 5.41 Å². The van der Waals surface area contributed by atoms with Gasteiger partial charge in [-0.2, -0.15) is 0 Å². The topological polar surface area (TPSA) is 101 Å². The van der Waals surface area contributed by atoms with Gasteiger partial charge in [0.1, 0.15) is 16.8 Å². The van der Waals surface area contributed by atoms with Crippen molar-refractivity contribution in [3.8, 4) is 0 Å². The molecule has 0 aliphatic heterocycles. The molecule has 3 heterocycles. The summed E-state index contributed by atoms with van der Waals surface area (Å²) in [5, 5.41) is 11.8. The Morgan fingerprint density at radius 3 is 2.71 bits per heavy atom. The minimum Gasteiger partial charge on any atom is -0.385 e. The number of nitrogens with one attached hydrogen (secondary N) is 2. The monoisotopic (exact) mass is 417 g/mol. The van der Waals surface area contributed by atoms with Crippen LogP contribution in [-0.4, -0.2) is 33.6 Å². The standard InChI is InChI=1S/C23H23N5O3/c1-31-13-7-12-28-20(24)17(22(29)25-15-16-8-3-2-4-9-16)14-18-21(28)26-19-10-5-6-11-27(19)23(18)30/h2-6,8-11,14,24H,7,12-13,15H2,1H3,(H,25,29). The Morgan fingerprint density at radius 2 is 1.94 bits per heavy atom. The van der Waals surface area contributed by atoms with Crippen molar-refractivity contribution in [2.24, 2.45) is 0 Å². The van der Waals surface area contributed by atoms with E-state index in [1.807, 2.05) is 30.3 Å². The molecule has 8 nitrogen and oxygen atoms in total. The number of nitrogens with zero attached hydrogens (tertiary/aromatic N) is 3. The molecule has 0 atom stereocenters. The van der Waals surface area contributed by atoms with Crippen molar-refractivity contribution in [2.75, 3.05) is 13.7 Å². The average molecular weight is 417 g/mol. The van der Waals surface area contributed by atoms with Crippen LogP contribution >= 0.6 is 0 Å². The Bertz CT molecular complexity index is 1360. The maximum atomic E-state index is 13.1. The number of benzene rings is 1. The molecule has 0 saturated carbocycles. The van der Waals surface area contributed by atoms with E-state index >= 15 is 0 Å². The summed E-state index contributed by atoms with van der Waals surface area (Å²) in [7, 11) is 1.61. The highest BCUT2D eigenvalue weighted by atomic mass is 16.5. The smallest absolute Gasteiger partial charge is 0.267 e. The van der Waals surface area contributed by atoms with Gasteiger partial charge in [0.15, 0.2) is 0 Å². The summed E-state index contributed by atoms with van der Waals surface area (Å²) >= 11 is 0. The predicted octanol–water partition coefficient (Wildman–Crippen LogP) is 2.10. The van der Waals surface area contributed by atoms with Gasteiger partial charge in [-0.05, 0) is 30.2 Å². The number of aromatic nitrogens is 3. The lowest BCUT2D eigenvalue weighted by Gasteiger charge is -2.14. The van der Waals surface area contributed by atoms with E-state index in [0.717, 1.165) is 5.56 Å². The maximum absolute atomic E-state index is 13.1. The van der Waals surface area contributed by atoms with Crippen LogP contribution in [0.4, 0.5) is 0 Å². The van der Waals surface area contributed by atoms with E-state index in [4.69, 9.17) is 10.1 Å². The molecule has 1 amide bonds. The summed E-state index contributed by atoms with van der Waals surface area (Å²) in [4.78, 5) is 30.7. The first-order valence-corrected chi connectivity index (χ1v) is 10.0. The van der Waals surface area contributed by atoms with Gasteiger partial charge in [-0.1, -0.05) is 36.4 Å². The zero-order chi connectivity index (χ0) is 21.8. The van der Waals surface area contributed by atoms with Crippen LogP contribution in [0.1, 0.15) is 22.3 Å². The van der Waals surface area contributed by atoms with E-state index in [0.29, 0.717) is 42.8 Å². The summed E-state index contributed by atoms with van der Waals surface area (Å²) in [5.41, 5.74) is 1.69. The van der Waals surface area contributed by atoms with Crippen LogP contribution in [0.5, 0.6) is 0 Å². The number of amides is 1. The second kappa shape index (κ2) is 8.93. The third-order valence-corrected chi connectivity index (χ3v) is 5.09. The van der Waals surface area contributed by atoms with Gasteiger partial charge in [-0.3, -0.25) is 19.4 Å². The Hall–Kier alpha value is -3.78. The molecule has 4 aromatic rings. The fraction of sp³-hybridized carbons (Fsp3) is 0.217. The first-order chi connectivity index (χ1) is 15.1. The number of ether oxygens (including phenoxy) is 1. The molecule has 158 valence electrons. The predicted molar refractivity (Wildman–Crippen MR) is 117 cm³/mol. The summed E-state index contributed by atoms with van der Waals surface area (Å²) in [5.74, 6) is -0.409. The molecule has 31 heavy (non-hydrogen) atoms. The molecule has 0 aliphatic carbocycles. The zero-order valence-electron chi connectivity index (χ0n) is 17.2. The number of carbonyl (C=O) groups excluding carboxylic acids is 1. The number of fused-ring (bicyclic) bond motifs is 2. The molecule has 3 aromatic heterocycles. The lowest BCUT2D eigenvalue weighted by molar-refractivity contribution is 0.0948. The molecule has 0 aliphatic rings. The molecular formula is C23H23N5O3. The summed E-state index contributed by atoms with van der Waals surface area (Å²) in [6, 6.07) is 16.3. The lowest BCUT2D eigenvalue weighted by Crippen LogP contribution is -2.35. The first-order valence-electron chi connectivity index (χ1n) is 10.0. The van der Waals surface area contributed by atoms with Gasteiger partial charge in [-0.25, -0.2) is 4.98 Å². The molecule has 0 unspecified atom stereocenters. The molecule has 2 N–H and O–H groups in total. The number of aryl methyl sites for hydroxylation is 1. The van der Waals surface area contributed by atoms with Crippen LogP contribution in [-0.2, 0) is 17.8 Å². The summed E-state index contributed by atoms with van der Waals surface area (Å²) in [6.45, 7) is 1.22. The highest BCUT2D eigenvalue weighted by Gasteiger charge is 2.17. The fourth-order valence-corrected chi connectivity index (χ4v) is 3.52. The van der Waals surface area contributed by atoms with E-state index in [-0.39, 0.29) is 16.6 Å². The minimum absolute atomic E-state index is 0.0151. The van der Waals surface area contributed by atoms with Crippen LogP contribution in [0.25, 0.3) is 16.7 Å². The van der Waals surface area contributed by atoms with E-state index in [1.165, 1.54) is 10.5 Å². The highest BCUT2D eigenvalue weighted by molar-refractivity contribution is 5.96. The number of carbonyl (C=O) groups is 1. The second-order valence-corrected chi connectivity index (χ2v) is 7.16. The molecule has 0 radical (unpaired) electrons. The molecule has 8 heteroatoms. The van der Waals surface area contributed by atoms with Crippen molar-refractivity contribution < 1.29 is 9.53 Å². The maximum Gasteiger partial charge on any atom is 0.267 e. The van der Waals surface area contributed by atoms with Gasteiger partial charge in [0.25, 0.3) is 11.5 Å². The average Bonchev–Trinajstić information content (AvgIpc) is 2.80. The SMILES string of the molecule is COCCCn1c(=N)c(C(=O)NCc2ccccc2)cc2c(=O)n3ccccc3nc21. The van der Waals surface area contributed by atoms with E-state index in [9.17, 15) is 9.59 Å². The Kier molecular flexibility index (Phi) is 5.90. The van der Waals surface area contributed by atoms with Gasteiger partial charge in [0, 0.05) is 33.0 Å². The third-order valence-electron chi connectivity index (χ3n) is 5.09. The van der Waals surface area contributed by atoms with Gasteiger partial charge in [0.2, 0.25) is 0 Å². The third kappa shape index (κ3) is 4.10. The lowest BCUT2D eigenvalue weighted by atomic mass is 10.1. The number of pyridine rings is 2. The molecule has 4 rings (SSSR count).